The van der Waals surface area contributed by atoms with Gasteiger partial charge in [0.25, 0.3) is 5.69 Å². The summed E-state index contributed by atoms with van der Waals surface area (Å²) in [7, 11) is 0. The molecule has 0 aliphatic rings. The van der Waals surface area contributed by atoms with E-state index in [4.69, 9.17) is 10.2 Å². The summed E-state index contributed by atoms with van der Waals surface area (Å²) in [6.45, 7) is -0.584. The number of nitrogens with zero attached hydrogens (tertiary/aromatic N) is 1. The van der Waals surface area contributed by atoms with Gasteiger partial charge in [-0.05, 0) is 34.7 Å². The number of nitrogens with one attached hydrogen (secondary N) is 1. The third-order valence-electron chi connectivity index (χ3n) is 1.96. The van der Waals surface area contributed by atoms with Crippen LogP contribution in [-0.4, -0.2) is 34.4 Å². The Morgan fingerprint density at radius 3 is 2.56 bits per heavy atom. The van der Waals surface area contributed by atoms with Crippen LogP contribution in [0.1, 0.15) is 0 Å². The summed E-state index contributed by atoms with van der Waals surface area (Å²) in [6.07, 6.45) is 0. The predicted molar refractivity (Wildman–Crippen MR) is 67.4 cm³/mol. The normalized spacial score (nSPS) is 10.5. The zero-order valence-electron chi connectivity index (χ0n) is 8.26. The molecule has 0 fully saturated rings. The standard InChI is InChI=1S/C9H11IN2O4/c10-6-1-2-8(9(3-6)12(15)16)11-7(4-13)5-14/h1-3,7,11,13-14H,4-5H2. The molecule has 6 nitrogen and oxygen atoms in total. The molecule has 1 rings (SSSR count). The first-order valence-corrected chi connectivity index (χ1v) is 5.58. The average Bonchev–Trinajstić information content (AvgIpc) is 2.27. The van der Waals surface area contributed by atoms with Crippen LogP contribution in [0.15, 0.2) is 18.2 Å². The molecule has 0 saturated carbocycles. The van der Waals surface area contributed by atoms with Gasteiger partial charge in [0.2, 0.25) is 0 Å². The SMILES string of the molecule is O=[N+]([O-])c1cc(I)ccc1NC(CO)CO. The number of aliphatic hydroxyl groups excluding tert-OH is 2. The van der Waals surface area contributed by atoms with Crippen molar-refractivity contribution in [3.05, 3.63) is 31.9 Å². The summed E-state index contributed by atoms with van der Waals surface area (Å²) < 4.78 is 0.749. The number of halogens is 1. The molecule has 0 atom stereocenters. The van der Waals surface area contributed by atoms with E-state index in [0.29, 0.717) is 5.69 Å². The Morgan fingerprint density at radius 1 is 1.44 bits per heavy atom. The van der Waals surface area contributed by atoms with E-state index in [1.165, 1.54) is 6.07 Å². The molecule has 0 unspecified atom stereocenters. The minimum Gasteiger partial charge on any atom is -0.394 e. The van der Waals surface area contributed by atoms with Gasteiger partial charge in [-0.3, -0.25) is 10.1 Å². The molecule has 0 amide bonds. The quantitative estimate of drug-likeness (QED) is 0.422. The Labute approximate surface area is 106 Å². The van der Waals surface area contributed by atoms with Gasteiger partial charge in [0, 0.05) is 9.64 Å². The van der Waals surface area contributed by atoms with E-state index >= 15 is 0 Å². The van der Waals surface area contributed by atoms with Gasteiger partial charge in [-0.2, -0.15) is 0 Å². The summed E-state index contributed by atoms with van der Waals surface area (Å²) in [4.78, 5) is 10.3. The van der Waals surface area contributed by atoms with E-state index in [0.717, 1.165) is 3.57 Å². The van der Waals surface area contributed by atoms with Crippen molar-refractivity contribution in [2.45, 2.75) is 6.04 Å². The lowest BCUT2D eigenvalue weighted by Gasteiger charge is -2.14. The van der Waals surface area contributed by atoms with E-state index in [1.807, 2.05) is 22.6 Å². The molecular weight excluding hydrogens is 327 g/mol. The molecule has 0 radical (unpaired) electrons. The van der Waals surface area contributed by atoms with Gasteiger partial charge in [-0.15, -0.1) is 0 Å². The Balaban J connectivity index is 2.98. The van der Waals surface area contributed by atoms with Crippen LogP contribution in [0.4, 0.5) is 11.4 Å². The largest absolute Gasteiger partial charge is 0.394 e. The molecule has 1 aromatic rings. The molecule has 7 heteroatoms. The van der Waals surface area contributed by atoms with Crippen molar-refractivity contribution < 1.29 is 15.1 Å². The Bertz CT molecular complexity index is 382. The van der Waals surface area contributed by atoms with Gasteiger partial charge in [0.1, 0.15) is 5.69 Å². The molecule has 88 valence electrons. The van der Waals surface area contributed by atoms with Crippen molar-refractivity contribution in [1.82, 2.24) is 0 Å². The van der Waals surface area contributed by atoms with Crippen molar-refractivity contribution in [3.63, 3.8) is 0 Å². The number of anilines is 1. The van der Waals surface area contributed by atoms with Gasteiger partial charge in [-0.25, -0.2) is 0 Å². The molecule has 0 aliphatic heterocycles. The Hall–Kier alpha value is -0.930. The fourth-order valence-electron chi connectivity index (χ4n) is 1.15. The first kappa shape index (κ1) is 13.1. The molecule has 16 heavy (non-hydrogen) atoms. The topological polar surface area (TPSA) is 95.6 Å². The maximum absolute atomic E-state index is 10.8. The number of hydrogen-bond donors (Lipinski definition) is 3. The van der Waals surface area contributed by atoms with Gasteiger partial charge in [0.15, 0.2) is 0 Å². The van der Waals surface area contributed by atoms with Crippen molar-refractivity contribution in [2.75, 3.05) is 18.5 Å². The summed E-state index contributed by atoms with van der Waals surface area (Å²) >= 11 is 1.98. The van der Waals surface area contributed by atoms with E-state index < -0.39 is 11.0 Å². The molecule has 0 aromatic heterocycles. The number of rotatable bonds is 5. The van der Waals surface area contributed by atoms with Crippen molar-refractivity contribution in [1.29, 1.82) is 0 Å². The zero-order valence-corrected chi connectivity index (χ0v) is 10.4. The number of aliphatic hydroxyl groups is 2. The van der Waals surface area contributed by atoms with Crippen molar-refractivity contribution >= 4 is 34.0 Å². The molecule has 1 aromatic carbocycles. The summed E-state index contributed by atoms with van der Waals surface area (Å²) in [5.74, 6) is 0. The summed E-state index contributed by atoms with van der Waals surface area (Å²) in [5, 5.41) is 31.2. The lowest BCUT2D eigenvalue weighted by Crippen LogP contribution is -2.28. The number of nitro benzene ring substituents is 1. The van der Waals surface area contributed by atoms with E-state index in [1.54, 1.807) is 12.1 Å². The lowest BCUT2D eigenvalue weighted by atomic mass is 10.2. The van der Waals surface area contributed by atoms with Gasteiger partial charge >= 0.3 is 0 Å². The van der Waals surface area contributed by atoms with Crippen molar-refractivity contribution in [3.8, 4) is 0 Å². The number of benzene rings is 1. The second-order valence-electron chi connectivity index (χ2n) is 3.12. The maximum Gasteiger partial charge on any atom is 0.293 e. The highest BCUT2D eigenvalue weighted by Crippen LogP contribution is 2.26. The summed E-state index contributed by atoms with van der Waals surface area (Å²) in [6, 6.07) is 4.09. The molecule has 0 saturated heterocycles. The third-order valence-corrected chi connectivity index (χ3v) is 2.63. The van der Waals surface area contributed by atoms with Gasteiger partial charge < -0.3 is 15.5 Å². The van der Waals surface area contributed by atoms with Crippen LogP contribution in [0.3, 0.4) is 0 Å². The molecule has 0 aliphatic carbocycles. The van der Waals surface area contributed by atoms with Crippen LogP contribution < -0.4 is 5.32 Å². The second-order valence-corrected chi connectivity index (χ2v) is 4.37. The van der Waals surface area contributed by atoms with E-state index in [2.05, 4.69) is 5.32 Å². The predicted octanol–water partition coefficient (Wildman–Crippen LogP) is 0.964. The highest BCUT2D eigenvalue weighted by molar-refractivity contribution is 14.1. The van der Waals surface area contributed by atoms with Gasteiger partial charge in [-0.1, -0.05) is 0 Å². The molecule has 0 spiro atoms. The van der Waals surface area contributed by atoms with Crippen LogP contribution >= 0.6 is 22.6 Å². The number of hydrogen-bond acceptors (Lipinski definition) is 5. The third kappa shape index (κ3) is 3.29. The minimum atomic E-state index is -0.598. The Morgan fingerprint density at radius 2 is 2.06 bits per heavy atom. The van der Waals surface area contributed by atoms with Crippen LogP contribution in [-0.2, 0) is 0 Å². The fraction of sp³-hybridized carbons (Fsp3) is 0.333. The Kier molecular flexibility index (Phi) is 4.90. The second kappa shape index (κ2) is 5.97. The average molecular weight is 338 g/mol. The maximum atomic E-state index is 10.8. The molecule has 0 bridgehead atoms. The van der Waals surface area contributed by atoms with E-state index in [-0.39, 0.29) is 18.9 Å². The zero-order chi connectivity index (χ0) is 12.1. The first-order valence-electron chi connectivity index (χ1n) is 4.50. The molecular formula is C9H11IN2O4. The highest BCUT2D eigenvalue weighted by Gasteiger charge is 2.16. The number of nitro groups is 1. The molecule has 3 N–H and O–H groups in total. The van der Waals surface area contributed by atoms with Crippen LogP contribution in [0.25, 0.3) is 0 Å². The lowest BCUT2D eigenvalue weighted by molar-refractivity contribution is -0.384. The smallest absolute Gasteiger partial charge is 0.293 e. The highest BCUT2D eigenvalue weighted by atomic mass is 127. The van der Waals surface area contributed by atoms with Crippen LogP contribution in [0.2, 0.25) is 0 Å². The van der Waals surface area contributed by atoms with Gasteiger partial charge in [0.05, 0.1) is 24.2 Å². The first-order chi connectivity index (χ1) is 7.58. The van der Waals surface area contributed by atoms with Crippen molar-refractivity contribution in [2.24, 2.45) is 0 Å². The monoisotopic (exact) mass is 338 g/mol. The van der Waals surface area contributed by atoms with Crippen LogP contribution in [0.5, 0.6) is 0 Å². The van der Waals surface area contributed by atoms with Crippen LogP contribution in [0, 0.1) is 13.7 Å². The minimum absolute atomic E-state index is 0.0706. The molecule has 0 heterocycles. The summed E-state index contributed by atoms with van der Waals surface area (Å²) in [5.41, 5.74) is 0.220. The fourth-order valence-corrected chi connectivity index (χ4v) is 1.62. The van der Waals surface area contributed by atoms with E-state index in [9.17, 15) is 10.1 Å².